The Hall–Kier alpha value is -3.04. The third-order valence-electron chi connectivity index (χ3n) is 5.06. The lowest BCUT2D eigenvalue weighted by molar-refractivity contribution is -0.119. The molecule has 1 saturated heterocycles. The van der Waals surface area contributed by atoms with Crippen molar-refractivity contribution in [3.05, 3.63) is 36.4 Å². The Bertz CT molecular complexity index is 877. The van der Waals surface area contributed by atoms with Gasteiger partial charge in [0.15, 0.2) is 5.82 Å². The molecule has 1 unspecified atom stereocenters. The molecule has 9 nitrogen and oxygen atoms in total. The first-order valence-electron chi connectivity index (χ1n) is 10.6. The van der Waals surface area contributed by atoms with Crippen LogP contribution >= 0.6 is 0 Å². The largest absolute Gasteiger partial charge is 0.396 e. The van der Waals surface area contributed by atoms with Gasteiger partial charge >= 0.3 is 0 Å². The highest BCUT2D eigenvalue weighted by molar-refractivity contribution is 5.92. The van der Waals surface area contributed by atoms with Crippen LogP contribution in [0.25, 0.3) is 11.4 Å². The van der Waals surface area contributed by atoms with Gasteiger partial charge in [-0.2, -0.15) is 0 Å². The molecule has 166 valence electrons. The minimum atomic E-state index is -0.152. The molecule has 0 spiro atoms. The number of aromatic nitrogens is 2. The minimum Gasteiger partial charge on any atom is -0.396 e. The molecular formula is C22H30N6O3. The number of nitrogens with one attached hydrogen (secondary N) is 3. The summed E-state index contributed by atoms with van der Waals surface area (Å²) in [4.78, 5) is 34.8. The van der Waals surface area contributed by atoms with E-state index in [0.717, 1.165) is 31.5 Å². The maximum Gasteiger partial charge on any atom is 0.239 e. The molecule has 0 radical (unpaired) electrons. The Balaban J connectivity index is 1.69. The molecule has 1 aromatic heterocycles. The molecule has 1 aliphatic heterocycles. The Morgan fingerprint density at radius 1 is 1.16 bits per heavy atom. The molecule has 31 heavy (non-hydrogen) atoms. The minimum absolute atomic E-state index is 0.0939. The number of piperidine rings is 1. The van der Waals surface area contributed by atoms with E-state index in [1.807, 2.05) is 30.3 Å². The highest BCUT2D eigenvalue weighted by Gasteiger charge is 2.21. The summed E-state index contributed by atoms with van der Waals surface area (Å²) in [5.41, 5.74) is 0.838. The third kappa shape index (κ3) is 7.30. The molecule has 9 heteroatoms. The Labute approximate surface area is 182 Å². The summed E-state index contributed by atoms with van der Waals surface area (Å²) in [6.07, 6.45) is 1.97. The summed E-state index contributed by atoms with van der Waals surface area (Å²) >= 11 is 0. The molecule has 1 aromatic carbocycles. The number of aliphatic hydroxyl groups is 1. The predicted molar refractivity (Wildman–Crippen MR) is 120 cm³/mol. The molecule has 4 N–H and O–H groups in total. The smallest absolute Gasteiger partial charge is 0.239 e. The number of likely N-dealkylation sites (tertiary alicyclic amines) is 1. The van der Waals surface area contributed by atoms with E-state index in [0.29, 0.717) is 30.5 Å². The molecule has 1 fully saturated rings. The van der Waals surface area contributed by atoms with E-state index < -0.39 is 0 Å². The van der Waals surface area contributed by atoms with Crippen LogP contribution in [-0.2, 0) is 9.59 Å². The Kier molecular flexibility index (Phi) is 8.31. The van der Waals surface area contributed by atoms with Crippen LogP contribution in [-0.4, -0.2) is 71.1 Å². The lowest BCUT2D eigenvalue weighted by atomic mass is 9.99. The van der Waals surface area contributed by atoms with E-state index in [-0.39, 0.29) is 30.9 Å². The number of rotatable bonds is 9. The molecular weight excluding hydrogens is 396 g/mol. The molecule has 3 rings (SSSR count). The van der Waals surface area contributed by atoms with Crippen LogP contribution in [0.4, 0.5) is 11.6 Å². The highest BCUT2D eigenvalue weighted by atomic mass is 16.3. The van der Waals surface area contributed by atoms with Gasteiger partial charge in [-0.25, -0.2) is 9.97 Å². The molecule has 0 bridgehead atoms. The third-order valence-corrected chi connectivity index (χ3v) is 5.06. The van der Waals surface area contributed by atoms with Crippen molar-refractivity contribution < 1.29 is 14.7 Å². The fourth-order valence-corrected chi connectivity index (χ4v) is 3.58. The van der Waals surface area contributed by atoms with Crippen LogP contribution in [0.15, 0.2) is 36.4 Å². The van der Waals surface area contributed by atoms with Crippen LogP contribution < -0.4 is 16.0 Å². The second-order valence-corrected chi connectivity index (χ2v) is 7.71. The maximum absolute atomic E-state index is 12.6. The molecule has 0 aliphatic carbocycles. The average molecular weight is 427 g/mol. The monoisotopic (exact) mass is 426 g/mol. The molecule has 1 atom stereocenters. The van der Waals surface area contributed by atoms with Crippen molar-refractivity contribution >= 4 is 23.5 Å². The van der Waals surface area contributed by atoms with Gasteiger partial charge < -0.3 is 21.1 Å². The number of aliphatic hydroxyl groups excluding tert-OH is 1. The molecule has 2 heterocycles. The van der Waals surface area contributed by atoms with E-state index in [4.69, 9.17) is 0 Å². The Morgan fingerprint density at radius 2 is 1.94 bits per heavy atom. The lowest BCUT2D eigenvalue weighted by Gasteiger charge is -2.31. The zero-order chi connectivity index (χ0) is 22.1. The van der Waals surface area contributed by atoms with E-state index in [2.05, 4.69) is 30.8 Å². The fraction of sp³-hybridized carbons (Fsp3) is 0.455. The van der Waals surface area contributed by atoms with Crippen molar-refractivity contribution in [1.82, 2.24) is 20.2 Å². The van der Waals surface area contributed by atoms with E-state index in [9.17, 15) is 14.7 Å². The zero-order valence-corrected chi connectivity index (χ0v) is 17.8. The highest BCUT2D eigenvalue weighted by Crippen LogP contribution is 2.20. The van der Waals surface area contributed by atoms with Gasteiger partial charge in [-0.15, -0.1) is 0 Å². The van der Waals surface area contributed by atoms with Gasteiger partial charge in [0, 0.05) is 44.8 Å². The first kappa shape index (κ1) is 22.6. The molecule has 1 aliphatic rings. The van der Waals surface area contributed by atoms with E-state index in [1.54, 1.807) is 6.07 Å². The summed E-state index contributed by atoms with van der Waals surface area (Å²) in [5.74, 6) is 1.46. The predicted octanol–water partition coefficient (Wildman–Crippen LogP) is 1.33. The topological polar surface area (TPSA) is 119 Å². The zero-order valence-electron chi connectivity index (χ0n) is 17.8. The summed E-state index contributed by atoms with van der Waals surface area (Å²) in [7, 11) is 0. The van der Waals surface area contributed by atoms with E-state index in [1.165, 1.54) is 6.92 Å². The number of carbonyl (C=O) groups is 2. The number of hydrogen-bond acceptors (Lipinski definition) is 7. The van der Waals surface area contributed by atoms with Gasteiger partial charge in [0.2, 0.25) is 11.8 Å². The van der Waals surface area contributed by atoms with E-state index >= 15 is 0 Å². The van der Waals surface area contributed by atoms with Gasteiger partial charge in [0.1, 0.15) is 11.6 Å². The molecule has 2 amide bonds. The SMILES string of the molecule is CC(=O)NCCNc1cc(NC(=O)CN2CCCC(CO)C2)nc(-c2ccccc2)n1. The van der Waals surface area contributed by atoms with Gasteiger partial charge in [-0.1, -0.05) is 30.3 Å². The Morgan fingerprint density at radius 3 is 2.68 bits per heavy atom. The van der Waals surface area contributed by atoms with Gasteiger partial charge in [0.05, 0.1) is 6.54 Å². The summed E-state index contributed by atoms with van der Waals surface area (Å²) in [5, 5.41) is 18.2. The van der Waals surface area contributed by atoms with Crippen LogP contribution in [0.3, 0.4) is 0 Å². The van der Waals surface area contributed by atoms with Crippen molar-refractivity contribution in [2.24, 2.45) is 5.92 Å². The first-order chi connectivity index (χ1) is 15.0. The van der Waals surface area contributed by atoms with Gasteiger partial charge in [-0.05, 0) is 25.3 Å². The van der Waals surface area contributed by atoms with Crippen molar-refractivity contribution in [2.75, 3.05) is 50.0 Å². The second-order valence-electron chi connectivity index (χ2n) is 7.71. The number of amides is 2. The number of benzene rings is 1. The average Bonchev–Trinajstić information content (AvgIpc) is 2.77. The summed E-state index contributed by atoms with van der Waals surface area (Å²) < 4.78 is 0. The van der Waals surface area contributed by atoms with Gasteiger partial charge in [-0.3, -0.25) is 14.5 Å². The van der Waals surface area contributed by atoms with Crippen LogP contribution in [0.2, 0.25) is 0 Å². The summed E-state index contributed by atoms with van der Waals surface area (Å²) in [6.45, 7) is 4.40. The standard InChI is InChI=1S/C22H30N6O3/c1-16(30)23-9-10-24-19-12-20(27-22(26-19)18-7-3-2-4-8-18)25-21(31)14-28-11-5-6-17(13-28)15-29/h2-4,7-8,12,17,29H,5-6,9-11,13-15H2,1H3,(H,23,30)(H2,24,25,26,27,31). The molecule has 0 saturated carbocycles. The van der Waals surface area contributed by atoms with Crippen molar-refractivity contribution in [2.45, 2.75) is 19.8 Å². The van der Waals surface area contributed by atoms with Crippen molar-refractivity contribution in [3.8, 4) is 11.4 Å². The fourth-order valence-electron chi connectivity index (χ4n) is 3.58. The quantitative estimate of drug-likeness (QED) is 0.447. The molecule has 2 aromatic rings. The number of anilines is 2. The maximum atomic E-state index is 12.6. The van der Waals surface area contributed by atoms with Crippen LogP contribution in [0.5, 0.6) is 0 Å². The van der Waals surface area contributed by atoms with Gasteiger partial charge in [0.25, 0.3) is 0 Å². The normalized spacial score (nSPS) is 16.5. The lowest BCUT2D eigenvalue weighted by Crippen LogP contribution is -2.41. The van der Waals surface area contributed by atoms with Crippen LogP contribution in [0.1, 0.15) is 19.8 Å². The van der Waals surface area contributed by atoms with Crippen molar-refractivity contribution in [3.63, 3.8) is 0 Å². The summed E-state index contributed by atoms with van der Waals surface area (Å²) in [6, 6.07) is 11.2. The first-order valence-corrected chi connectivity index (χ1v) is 10.6. The number of hydrogen-bond donors (Lipinski definition) is 4. The van der Waals surface area contributed by atoms with Crippen molar-refractivity contribution in [1.29, 1.82) is 0 Å². The van der Waals surface area contributed by atoms with Crippen LogP contribution in [0, 0.1) is 5.92 Å². The number of carbonyl (C=O) groups excluding carboxylic acids is 2. The number of nitrogens with zero attached hydrogens (tertiary/aromatic N) is 3. The second kappa shape index (κ2) is 11.4.